The second-order valence-corrected chi connectivity index (χ2v) is 5.56. The standard InChI is InChI=1S/C19H17NO5/c1-2-5-12-8-13-17(9-16(12)25-11-18(21)22)24-10-14(19(13)23)15-6-3-4-7-20-15/h3-4,6-10H,2,5,11H2,1H3,(H,21,22)/p-1. The predicted octanol–water partition coefficient (Wildman–Crippen LogP) is 1.94. The first kappa shape index (κ1) is 16.7. The lowest BCUT2D eigenvalue weighted by Crippen LogP contribution is -2.29. The predicted molar refractivity (Wildman–Crippen MR) is 90.2 cm³/mol. The molecule has 0 aliphatic carbocycles. The normalized spacial score (nSPS) is 10.8. The molecule has 0 saturated heterocycles. The molecule has 0 spiro atoms. The highest BCUT2D eigenvalue weighted by atomic mass is 16.5. The van der Waals surface area contributed by atoms with Gasteiger partial charge >= 0.3 is 0 Å². The maximum Gasteiger partial charge on any atom is 0.202 e. The van der Waals surface area contributed by atoms with E-state index in [0.29, 0.717) is 34.4 Å². The summed E-state index contributed by atoms with van der Waals surface area (Å²) in [5.41, 5.74) is 1.80. The zero-order chi connectivity index (χ0) is 17.8. The number of nitrogens with zero attached hydrogens (tertiary/aromatic N) is 1. The Morgan fingerprint density at radius 2 is 2.16 bits per heavy atom. The summed E-state index contributed by atoms with van der Waals surface area (Å²) in [6, 6.07) is 8.55. The number of hydrogen-bond donors (Lipinski definition) is 0. The molecule has 0 aliphatic rings. The molecule has 3 rings (SSSR count). The van der Waals surface area contributed by atoms with Crippen LogP contribution in [-0.2, 0) is 11.2 Å². The Morgan fingerprint density at radius 3 is 2.84 bits per heavy atom. The second kappa shape index (κ2) is 7.17. The topological polar surface area (TPSA) is 92.5 Å². The first-order chi connectivity index (χ1) is 12.1. The van der Waals surface area contributed by atoms with Crippen molar-refractivity contribution >= 4 is 16.9 Å². The Kier molecular flexibility index (Phi) is 4.79. The molecule has 0 atom stereocenters. The van der Waals surface area contributed by atoms with E-state index in [-0.39, 0.29) is 5.43 Å². The summed E-state index contributed by atoms with van der Waals surface area (Å²) in [7, 11) is 0. The minimum atomic E-state index is -1.31. The van der Waals surface area contributed by atoms with Crippen LogP contribution in [0.2, 0.25) is 0 Å². The fourth-order valence-corrected chi connectivity index (χ4v) is 2.64. The molecule has 6 nitrogen and oxygen atoms in total. The van der Waals surface area contributed by atoms with Gasteiger partial charge in [0, 0.05) is 12.3 Å². The quantitative estimate of drug-likeness (QED) is 0.682. The number of hydrogen-bond acceptors (Lipinski definition) is 6. The number of ether oxygens (including phenoxy) is 1. The molecule has 0 amide bonds. The van der Waals surface area contributed by atoms with Crippen molar-refractivity contribution < 1.29 is 19.1 Å². The number of rotatable bonds is 6. The first-order valence-electron chi connectivity index (χ1n) is 7.92. The van der Waals surface area contributed by atoms with Crippen LogP contribution in [0.4, 0.5) is 0 Å². The van der Waals surface area contributed by atoms with Gasteiger partial charge in [-0.2, -0.15) is 0 Å². The monoisotopic (exact) mass is 338 g/mol. The zero-order valence-electron chi connectivity index (χ0n) is 13.7. The summed E-state index contributed by atoms with van der Waals surface area (Å²) in [6.07, 6.45) is 4.43. The highest BCUT2D eigenvalue weighted by Gasteiger charge is 2.14. The Bertz CT molecular complexity index is 963. The van der Waals surface area contributed by atoms with Gasteiger partial charge in [-0.05, 0) is 30.2 Å². The molecule has 128 valence electrons. The third-order valence-electron chi connectivity index (χ3n) is 3.76. The van der Waals surface area contributed by atoms with Gasteiger partial charge in [-0.1, -0.05) is 19.4 Å². The molecule has 2 aromatic heterocycles. The molecular weight excluding hydrogens is 322 g/mol. The number of aliphatic carboxylic acids is 1. The summed E-state index contributed by atoms with van der Waals surface area (Å²) in [6.45, 7) is 1.43. The van der Waals surface area contributed by atoms with Gasteiger partial charge in [-0.25, -0.2) is 0 Å². The number of carboxylic acids is 1. The molecule has 1 aromatic carbocycles. The number of pyridine rings is 1. The third-order valence-corrected chi connectivity index (χ3v) is 3.76. The van der Waals surface area contributed by atoms with Crippen molar-refractivity contribution in [2.75, 3.05) is 6.61 Å². The van der Waals surface area contributed by atoms with Crippen molar-refractivity contribution in [1.82, 2.24) is 4.98 Å². The van der Waals surface area contributed by atoms with Crippen LogP contribution in [0, 0.1) is 0 Å². The Hall–Kier alpha value is -3.15. The average Bonchev–Trinajstić information content (AvgIpc) is 2.61. The maximum atomic E-state index is 12.8. The second-order valence-electron chi connectivity index (χ2n) is 5.56. The third kappa shape index (κ3) is 3.52. The van der Waals surface area contributed by atoms with Gasteiger partial charge in [-0.15, -0.1) is 0 Å². The van der Waals surface area contributed by atoms with E-state index in [2.05, 4.69) is 4.98 Å². The van der Waals surface area contributed by atoms with E-state index >= 15 is 0 Å². The summed E-state index contributed by atoms with van der Waals surface area (Å²) in [5.74, 6) is -0.929. The lowest BCUT2D eigenvalue weighted by molar-refractivity contribution is -0.307. The SMILES string of the molecule is CCCc1cc2c(=O)c(-c3ccccn3)coc2cc1OCC(=O)[O-]. The average molecular weight is 338 g/mol. The number of carbonyl (C=O) groups is 1. The van der Waals surface area contributed by atoms with Gasteiger partial charge in [0.15, 0.2) is 0 Å². The van der Waals surface area contributed by atoms with Crippen LogP contribution in [-0.4, -0.2) is 17.6 Å². The van der Waals surface area contributed by atoms with Crippen molar-refractivity contribution in [2.45, 2.75) is 19.8 Å². The van der Waals surface area contributed by atoms with E-state index in [9.17, 15) is 14.7 Å². The molecule has 2 heterocycles. The number of fused-ring (bicyclic) bond motifs is 1. The largest absolute Gasteiger partial charge is 0.546 e. The summed E-state index contributed by atoms with van der Waals surface area (Å²) in [4.78, 5) is 27.6. The summed E-state index contributed by atoms with van der Waals surface area (Å²) in [5, 5.41) is 11.1. The molecule has 25 heavy (non-hydrogen) atoms. The molecule has 0 saturated carbocycles. The van der Waals surface area contributed by atoms with Crippen LogP contribution in [0.15, 0.2) is 52.0 Å². The van der Waals surface area contributed by atoms with Gasteiger partial charge in [-0.3, -0.25) is 9.78 Å². The van der Waals surface area contributed by atoms with Gasteiger partial charge in [0.05, 0.1) is 22.6 Å². The van der Waals surface area contributed by atoms with Gasteiger partial charge in [0.25, 0.3) is 0 Å². The fraction of sp³-hybridized carbons (Fsp3) is 0.211. The van der Waals surface area contributed by atoms with Crippen LogP contribution in [0.5, 0.6) is 5.75 Å². The first-order valence-corrected chi connectivity index (χ1v) is 7.92. The van der Waals surface area contributed by atoms with Crippen LogP contribution < -0.4 is 15.3 Å². The van der Waals surface area contributed by atoms with Crippen molar-refractivity contribution in [2.24, 2.45) is 0 Å². The lowest BCUT2D eigenvalue weighted by atomic mass is 10.0. The molecule has 0 radical (unpaired) electrons. The Labute approximate surface area is 143 Å². The number of aryl methyl sites for hydroxylation is 1. The minimum absolute atomic E-state index is 0.191. The molecule has 0 N–H and O–H groups in total. The zero-order valence-corrected chi connectivity index (χ0v) is 13.7. The number of carboxylic acid groups (broad SMARTS) is 1. The molecule has 0 unspecified atom stereocenters. The highest BCUT2D eigenvalue weighted by Crippen LogP contribution is 2.27. The fourth-order valence-electron chi connectivity index (χ4n) is 2.64. The summed E-state index contributed by atoms with van der Waals surface area (Å²) >= 11 is 0. The smallest absolute Gasteiger partial charge is 0.202 e. The van der Waals surface area contributed by atoms with Crippen LogP contribution in [0.25, 0.3) is 22.2 Å². The van der Waals surface area contributed by atoms with Gasteiger partial charge < -0.3 is 19.1 Å². The minimum Gasteiger partial charge on any atom is -0.546 e. The van der Waals surface area contributed by atoms with Crippen molar-refractivity contribution in [3.63, 3.8) is 0 Å². The highest BCUT2D eigenvalue weighted by molar-refractivity contribution is 5.83. The number of carbonyl (C=O) groups excluding carboxylic acids is 1. The van der Waals surface area contributed by atoms with E-state index < -0.39 is 12.6 Å². The molecular formula is C19H16NO5-. The van der Waals surface area contributed by atoms with Crippen LogP contribution >= 0.6 is 0 Å². The van der Waals surface area contributed by atoms with E-state index in [1.165, 1.54) is 6.26 Å². The number of aromatic nitrogens is 1. The molecule has 6 heteroatoms. The molecule has 0 bridgehead atoms. The molecule has 3 aromatic rings. The summed E-state index contributed by atoms with van der Waals surface area (Å²) < 4.78 is 10.9. The molecule has 0 aliphatic heterocycles. The van der Waals surface area contributed by atoms with Crippen LogP contribution in [0.1, 0.15) is 18.9 Å². The van der Waals surface area contributed by atoms with E-state index in [4.69, 9.17) is 9.15 Å². The van der Waals surface area contributed by atoms with Gasteiger partial charge in [0.2, 0.25) is 5.43 Å². The van der Waals surface area contributed by atoms with Crippen molar-refractivity contribution in [1.29, 1.82) is 0 Å². The maximum absolute atomic E-state index is 12.8. The Morgan fingerprint density at radius 1 is 1.32 bits per heavy atom. The van der Waals surface area contributed by atoms with Crippen molar-refractivity contribution in [3.8, 4) is 17.0 Å². The van der Waals surface area contributed by atoms with E-state index in [1.54, 1.807) is 36.5 Å². The van der Waals surface area contributed by atoms with Crippen LogP contribution in [0.3, 0.4) is 0 Å². The number of benzene rings is 1. The van der Waals surface area contributed by atoms with Gasteiger partial charge in [0.1, 0.15) is 24.2 Å². The van der Waals surface area contributed by atoms with Crippen molar-refractivity contribution in [3.05, 3.63) is 58.6 Å². The Balaban J connectivity index is 2.13. The van der Waals surface area contributed by atoms with E-state index in [0.717, 1.165) is 12.0 Å². The molecule has 0 fully saturated rings. The van der Waals surface area contributed by atoms with E-state index in [1.807, 2.05) is 6.92 Å². The lowest BCUT2D eigenvalue weighted by Gasteiger charge is -2.13.